The number of benzene rings is 1. The van der Waals surface area contributed by atoms with Gasteiger partial charge in [0, 0.05) is 6.04 Å². The normalized spacial score (nSPS) is 25.9. The van der Waals surface area contributed by atoms with Crippen LogP contribution in [0.1, 0.15) is 32.6 Å². The van der Waals surface area contributed by atoms with Gasteiger partial charge < -0.3 is 5.32 Å². The summed E-state index contributed by atoms with van der Waals surface area (Å²) in [5.41, 5.74) is 0. The summed E-state index contributed by atoms with van der Waals surface area (Å²) in [6, 6.07) is 6.67. The van der Waals surface area contributed by atoms with Gasteiger partial charge in [-0.3, -0.25) is 4.21 Å². The Morgan fingerprint density at radius 1 is 1.33 bits per heavy atom. The van der Waals surface area contributed by atoms with Crippen LogP contribution in [0.15, 0.2) is 29.2 Å². The van der Waals surface area contributed by atoms with Crippen molar-refractivity contribution in [2.24, 2.45) is 0 Å². The molecule has 0 aliphatic heterocycles. The van der Waals surface area contributed by atoms with E-state index in [1.165, 1.54) is 12.5 Å². The Bertz CT molecular complexity index is 422. The van der Waals surface area contributed by atoms with Gasteiger partial charge in [0.15, 0.2) is 0 Å². The Labute approximate surface area is 110 Å². The first-order chi connectivity index (χ1) is 8.74. The van der Waals surface area contributed by atoms with Gasteiger partial charge in [0.1, 0.15) is 5.82 Å². The minimum absolute atomic E-state index is 0.0376. The highest BCUT2D eigenvalue weighted by atomic mass is 32.2. The average Bonchev–Trinajstić information content (AvgIpc) is 2.40. The second kappa shape index (κ2) is 6.43. The van der Waals surface area contributed by atoms with Crippen molar-refractivity contribution in [2.45, 2.75) is 48.8 Å². The van der Waals surface area contributed by atoms with Crippen LogP contribution in [0.25, 0.3) is 0 Å². The Morgan fingerprint density at radius 3 is 2.78 bits per heavy atom. The van der Waals surface area contributed by atoms with Crippen molar-refractivity contribution < 1.29 is 8.60 Å². The fraction of sp³-hybridized carbons (Fsp3) is 0.571. The first kappa shape index (κ1) is 13.7. The quantitative estimate of drug-likeness (QED) is 0.910. The molecular weight excluding hydrogens is 249 g/mol. The minimum Gasteiger partial charge on any atom is -0.313 e. The molecule has 1 aromatic rings. The number of halogens is 1. The highest BCUT2D eigenvalue weighted by Crippen LogP contribution is 2.27. The molecule has 4 heteroatoms. The molecule has 0 saturated heterocycles. The lowest BCUT2D eigenvalue weighted by molar-refractivity contribution is 0.384. The van der Waals surface area contributed by atoms with Gasteiger partial charge in [-0.1, -0.05) is 31.9 Å². The van der Waals surface area contributed by atoms with Gasteiger partial charge in [-0.05, 0) is 31.5 Å². The molecule has 1 aliphatic rings. The standard InChI is InChI=1S/C14H20FNOS/c1-2-16-12-8-4-6-10-14(12)18(17)13-9-5-3-7-11(13)15/h3,5,7,9,12,14,16H,2,4,6,8,10H2,1H3. The van der Waals surface area contributed by atoms with Crippen LogP contribution in [-0.2, 0) is 10.8 Å². The molecule has 1 aliphatic carbocycles. The third kappa shape index (κ3) is 2.98. The van der Waals surface area contributed by atoms with E-state index in [0.29, 0.717) is 4.90 Å². The summed E-state index contributed by atoms with van der Waals surface area (Å²) in [6.45, 7) is 2.92. The lowest BCUT2D eigenvalue weighted by Gasteiger charge is -2.31. The molecule has 0 heterocycles. The van der Waals surface area contributed by atoms with Crippen molar-refractivity contribution in [1.82, 2.24) is 5.32 Å². The van der Waals surface area contributed by atoms with E-state index in [4.69, 9.17) is 0 Å². The van der Waals surface area contributed by atoms with Crippen LogP contribution >= 0.6 is 0 Å². The summed E-state index contributed by atoms with van der Waals surface area (Å²) in [7, 11) is -1.25. The summed E-state index contributed by atoms with van der Waals surface area (Å²) in [5.74, 6) is -0.350. The van der Waals surface area contributed by atoms with Crippen LogP contribution < -0.4 is 5.32 Å². The van der Waals surface area contributed by atoms with Gasteiger partial charge in [0.25, 0.3) is 0 Å². The maximum atomic E-state index is 13.7. The summed E-state index contributed by atoms with van der Waals surface area (Å²) < 4.78 is 26.2. The minimum atomic E-state index is -1.25. The van der Waals surface area contributed by atoms with Crippen LogP contribution in [0.4, 0.5) is 4.39 Å². The van der Waals surface area contributed by atoms with Crippen LogP contribution in [0, 0.1) is 5.82 Å². The Balaban J connectivity index is 2.18. The molecule has 1 aromatic carbocycles. The van der Waals surface area contributed by atoms with E-state index in [9.17, 15) is 8.60 Å². The molecule has 1 saturated carbocycles. The van der Waals surface area contributed by atoms with E-state index >= 15 is 0 Å². The fourth-order valence-electron chi connectivity index (χ4n) is 2.62. The van der Waals surface area contributed by atoms with E-state index in [-0.39, 0.29) is 17.1 Å². The molecule has 1 fully saturated rings. The van der Waals surface area contributed by atoms with Gasteiger partial charge in [-0.15, -0.1) is 0 Å². The lowest BCUT2D eigenvalue weighted by atomic mass is 9.95. The summed E-state index contributed by atoms with van der Waals surface area (Å²) >= 11 is 0. The van der Waals surface area contributed by atoms with Crippen molar-refractivity contribution in [3.8, 4) is 0 Å². The summed E-state index contributed by atoms with van der Waals surface area (Å²) in [4.78, 5) is 0.354. The molecular formula is C14H20FNOS. The molecule has 0 bridgehead atoms. The highest BCUT2D eigenvalue weighted by molar-refractivity contribution is 7.85. The first-order valence-electron chi connectivity index (χ1n) is 6.62. The molecule has 1 N–H and O–H groups in total. The third-order valence-corrected chi connectivity index (χ3v) is 5.38. The van der Waals surface area contributed by atoms with E-state index in [0.717, 1.165) is 25.8 Å². The van der Waals surface area contributed by atoms with E-state index < -0.39 is 10.8 Å². The van der Waals surface area contributed by atoms with E-state index in [1.807, 2.05) is 0 Å². The summed E-state index contributed by atoms with van der Waals surface area (Å²) in [6.07, 6.45) is 4.21. The predicted octanol–water partition coefficient (Wildman–Crippen LogP) is 2.85. The van der Waals surface area contributed by atoms with Crippen LogP contribution in [-0.4, -0.2) is 22.0 Å². The molecule has 0 amide bonds. The molecule has 2 nitrogen and oxygen atoms in total. The van der Waals surface area contributed by atoms with E-state index in [2.05, 4.69) is 12.2 Å². The van der Waals surface area contributed by atoms with E-state index in [1.54, 1.807) is 18.2 Å². The maximum Gasteiger partial charge on any atom is 0.139 e. The van der Waals surface area contributed by atoms with Crippen molar-refractivity contribution >= 4 is 10.8 Å². The first-order valence-corrected chi connectivity index (χ1v) is 7.83. The molecule has 18 heavy (non-hydrogen) atoms. The molecule has 0 spiro atoms. The van der Waals surface area contributed by atoms with Gasteiger partial charge >= 0.3 is 0 Å². The topological polar surface area (TPSA) is 29.1 Å². The zero-order chi connectivity index (χ0) is 13.0. The smallest absolute Gasteiger partial charge is 0.139 e. The van der Waals surface area contributed by atoms with Gasteiger partial charge in [0.2, 0.25) is 0 Å². The second-order valence-corrected chi connectivity index (χ2v) is 6.36. The molecule has 3 unspecified atom stereocenters. The number of rotatable bonds is 4. The second-order valence-electron chi connectivity index (χ2n) is 4.71. The van der Waals surface area contributed by atoms with Crippen molar-refractivity contribution in [3.63, 3.8) is 0 Å². The predicted molar refractivity (Wildman–Crippen MR) is 72.5 cm³/mol. The van der Waals surface area contributed by atoms with Crippen LogP contribution in [0.2, 0.25) is 0 Å². The van der Waals surface area contributed by atoms with Crippen molar-refractivity contribution in [3.05, 3.63) is 30.1 Å². The zero-order valence-corrected chi connectivity index (χ0v) is 11.5. The molecule has 100 valence electrons. The Kier molecular flexibility index (Phi) is 4.89. The largest absolute Gasteiger partial charge is 0.313 e. The van der Waals surface area contributed by atoms with Gasteiger partial charge in [-0.25, -0.2) is 4.39 Å². The van der Waals surface area contributed by atoms with Crippen molar-refractivity contribution in [1.29, 1.82) is 0 Å². The zero-order valence-electron chi connectivity index (χ0n) is 10.7. The molecule has 2 rings (SSSR count). The Morgan fingerprint density at radius 2 is 2.06 bits per heavy atom. The number of nitrogens with one attached hydrogen (secondary N) is 1. The number of hydrogen-bond acceptors (Lipinski definition) is 2. The van der Waals surface area contributed by atoms with Crippen molar-refractivity contribution in [2.75, 3.05) is 6.54 Å². The van der Waals surface area contributed by atoms with Crippen LogP contribution in [0.5, 0.6) is 0 Å². The summed E-state index contributed by atoms with van der Waals surface area (Å²) in [5, 5.41) is 3.43. The SMILES string of the molecule is CCNC1CCCCC1S(=O)c1ccccc1F. The lowest BCUT2D eigenvalue weighted by Crippen LogP contribution is -2.44. The third-order valence-electron chi connectivity index (χ3n) is 3.50. The molecule has 0 aromatic heterocycles. The molecule has 0 radical (unpaired) electrons. The van der Waals surface area contributed by atoms with Crippen LogP contribution in [0.3, 0.4) is 0 Å². The highest BCUT2D eigenvalue weighted by Gasteiger charge is 2.30. The fourth-order valence-corrected chi connectivity index (χ4v) is 4.33. The number of hydrogen-bond donors (Lipinski definition) is 1. The average molecular weight is 269 g/mol. The molecule has 3 atom stereocenters. The maximum absolute atomic E-state index is 13.7. The van der Waals surface area contributed by atoms with Gasteiger partial charge in [0.05, 0.1) is 20.9 Å². The Hall–Kier alpha value is -0.740. The van der Waals surface area contributed by atoms with Gasteiger partial charge in [-0.2, -0.15) is 0 Å². The monoisotopic (exact) mass is 269 g/mol.